The molecule has 0 radical (unpaired) electrons. The average molecular weight is 256 g/mol. The Hall–Kier alpha value is -2.43. The van der Waals surface area contributed by atoms with Crippen LogP contribution in [0.25, 0.3) is 11.0 Å². The molecule has 19 heavy (non-hydrogen) atoms. The highest BCUT2D eigenvalue weighted by atomic mass is 16.1. The monoisotopic (exact) mass is 256 g/mol. The number of aromatic nitrogens is 3. The van der Waals surface area contributed by atoms with E-state index in [1.54, 1.807) is 23.0 Å². The Bertz CT molecular complexity index is 667. The molecule has 0 saturated heterocycles. The molecule has 2 aromatic heterocycles. The van der Waals surface area contributed by atoms with Gasteiger partial charge in [0, 0.05) is 18.5 Å². The minimum atomic E-state index is -0.180. The van der Waals surface area contributed by atoms with Crippen molar-refractivity contribution in [2.75, 3.05) is 5.32 Å². The molecule has 0 atom stereocenters. The number of pyridine rings is 1. The molecule has 1 amide bonds. The Morgan fingerprint density at radius 1 is 1.42 bits per heavy atom. The van der Waals surface area contributed by atoms with Gasteiger partial charge in [-0.05, 0) is 19.9 Å². The van der Waals surface area contributed by atoms with Crippen molar-refractivity contribution in [1.82, 2.24) is 14.8 Å². The minimum Gasteiger partial charge on any atom is -0.321 e. The standard InChI is InChI=1S/C14H16N4O/c1-4-5-6-7-13(19)16-11-8-12-10(2)17-18(3)14(12)15-9-11/h4-9H,1-3H3,(H,16,19)/b5-4+,7-6+. The number of hydrogen-bond donors (Lipinski definition) is 1. The largest absolute Gasteiger partial charge is 0.321 e. The number of anilines is 1. The van der Waals surface area contributed by atoms with Gasteiger partial charge in [-0.3, -0.25) is 9.48 Å². The molecule has 2 aromatic rings. The zero-order chi connectivity index (χ0) is 13.8. The maximum absolute atomic E-state index is 11.6. The van der Waals surface area contributed by atoms with E-state index in [-0.39, 0.29) is 5.91 Å². The third-order valence-corrected chi connectivity index (χ3v) is 2.68. The van der Waals surface area contributed by atoms with Crippen LogP contribution in [0.1, 0.15) is 12.6 Å². The van der Waals surface area contributed by atoms with Crippen LogP contribution in [0, 0.1) is 6.92 Å². The van der Waals surface area contributed by atoms with Crippen LogP contribution in [-0.2, 0) is 11.8 Å². The molecule has 0 aromatic carbocycles. The van der Waals surface area contributed by atoms with E-state index < -0.39 is 0 Å². The number of carbonyl (C=O) groups excluding carboxylic acids is 1. The van der Waals surface area contributed by atoms with Crippen LogP contribution in [0.2, 0.25) is 0 Å². The quantitative estimate of drug-likeness (QED) is 0.677. The van der Waals surface area contributed by atoms with Crippen molar-refractivity contribution in [3.8, 4) is 0 Å². The number of fused-ring (bicyclic) bond motifs is 1. The Kier molecular flexibility index (Phi) is 3.75. The number of carbonyl (C=O) groups is 1. The van der Waals surface area contributed by atoms with E-state index in [9.17, 15) is 4.79 Å². The Labute approximate surface area is 111 Å². The van der Waals surface area contributed by atoms with Crippen molar-refractivity contribution >= 4 is 22.6 Å². The molecule has 0 bridgehead atoms. The third-order valence-electron chi connectivity index (χ3n) is 2.68. The fourth-order valence-electron chi connectivity index (χ4n) is 1.81. The summed E-state index contributed by atoms with van der Waals surface area (Å²) in [4.78, 5) is 15.9. The van der Waals surface area contributed by atoms with Crippen LogP contribution in [0.4, 0.5) is 5.69 Å². The third kappa shape index (κ3) is 2.88. The van der Waals surface area contributed by atoms with Crippen molar-refractivity contribution < 1.29 is 4.79 Å². The Balaban J connectivity index is 2.22. The van der Waals surface area contributed by atoms with Crippen molar-refractivity contribution in [3.05, 3.63) is 42.3 Å². The summed E-state index contributed by atoms with van der Waals surface area (Å²) >= 11 is 0. The summed E-state index contributed by atoms with van der Waals surface area (Å²) in [7, 11) is 1.85. The van der Waals surface area contributed by atoms with Gasteiger partial charge >= 0.3 is 0 Å². The van der Waals surface area contributed by atoms with Crippen molar-refractivity contribution in [2.24, 2.45) is 7.05 Å². The zero-order valence-corrected chi connectivity index (χ0v) is 11.2. The van der Waals surface area contributed by atoms with Gasteiger partial charge in [0.15, 0.2) is 5.65 Å². The van der Waals surface area contributed by atoms with E-state index in [2.05, 4.69) is 15.4 Å². The summed E-state index contributed by atoms with van der Waals surface area (Å²) in [5.41, 5.74) is 2.37. The minimum absolute atomic E-state index is 0.180. The van der Waals surface area contributed by atoms with E-state index in [1.807, 2.05) is 33.0 Å². The molecule has 2 rings (SSSR count). The predicted octanol–water partition coefficient (Wildman–Crippen LogP) is 2.35. The molecule has 1 N–H and O–H groups in total. The lowest BCUT2D eigenvalue weighted by atomic mass is 10.2. The highest BCUT2D eigenvalue weighted by Gasteiger charge is 2.07. The summed E-state index contributed by atoms with van der Waals surface area (Å²) in [6, 6.07) is 1.88. The first-order valence-electron chi connectivity index (χ1n) is 6.01. The molecule has 0 aliphatic heterocycles. The van der Waals surface area contributed by atoms with Gasteiger partial charge in [0.2, 0.25) is 5.91 Å². The summed E-state index contributed by atoms with van der Waals surface area (Å²) in [5, 5.41) is 8.00. The normalized spacial score (nSPS) is 11.7. The lowest BCUT2D eigenvalue weighted by Crippen LogP contribution is -2.08. The maximum atomic E-state index is 11.6. The number of nitrogens with zero attached hydrogens (tertiary/aromatic N) is 3. The fourth-order valence-corrected chi connectivity index (χ4v) is 1.81. The predicted molar refractivity (Wildman–Crippen MR) is 75.8 cm³/mol. The van der Waals surface area contributed by atoms with Gasteiger partial charge in [-0.1, -0.05) is 18.2 Å². The van der Waals surface area contributed by atoms with Crippen molar-refractivity contribution in [2.45, 2.75) is 13.8 Å². The molecular formula is C14H16N4O. The molecule has 2 heterocycles. The summed E-state index contributed by atoms with van der Waals surface area (Å²) in [6.07, 6.45) is 8.45. The van der Waals surface area contributed by atoms with E-state index in [1.165, 1.54) is 6.08 Å². The molecule has 0 aliphatic carbocycles. The van der Waals surface area contributed by atoms with Crippen LogP contribution in [0.3, 0.4) is 0 Å². The second-order valence-electron chi connectivity index (χ2n) is 4.18. The molecule has 5 heteroatoms. The van der Waals surface area contributed by atoms with Crippen LogP contribution >= 0.6 is 0 Å². The number of allylic oxidation sites excluding steroid dienone is 3. The first-order valence-corrected chi connectivity index (χ1v) is 6.01. The lowest BCUT2D eigenvalue weighted by molar-refractivity contribution is -0.111. The van der Waals surface area contributed by atoms with Crippen LogP contribution in [-0.4, -0.2) is 20.7 Å². The van der Waals surface area contributed by atoms with Crippen LogP contribution in [0.15, 0.2) is 36.6 Å². The fraction of sp³-hybridized carbons (Fsp3) is 0.214. The van der Waals surface area contributed by atoms with Gasteiger partial charge in [-0.25, -0.2) is 4.98 Å². The van der Waals surface area contributed by atoms with E-state index in [4.69, 9.17) is 0 Å². The average Bonchev–Trinajstić information content (AvgIpc) is 2.65. The molecular weight excluding hydrogens is 240 g/mol. The van der Waals surface area contributed by atoms with Crippen molar-refractivity contribution in [3.63, 3.8) is 0 Å². The molecule has 5 nitrogen and oxygen atoms in total. The van der Waals surface area contributed by atoms with E-state index >= 15 is 0 Å². The summed E-state index contributed by atoms with van der Waals surface area (Å²) in [6.45, 7) is 3.81. The van der Waals surface area contributed by atoms with Gasteiger partial charge in [0.25, 0.3) is 0 Å². The first-order chi connectivity index (χ1) is 9.11. The lowest BCUT2D eigenvalue weighted by Gasteiger charge is -2.01. The van der Waals surface area contributed by atoms with E-state index in [0.29, 0.717) is 5.69 Å². The number of nitrogens with one attached hydrogen (secondary N) is 1. The topological polar surface area (TPSA) is 59.8 Å². The summed E-state index contributed by atoms with van der Waals surface area (Å²) < 4.78 is 1.72. The second kappa shape index (κ2) is 5.48. The smallest absolute Gasteiger partial charge is 0.248 e. The molecule has 0 unspecified atom stereocenters. The maximum Gasteiger partial charge on any atom is 0.248 e. The Morgan fingerprint density at radius 2 is 2.21 bits per heavy atom. The highest BCUT2D eigenvalue weighted by Crippen LogP contribution is 2.19. The SMILES string of the molecule is C/C=C/C=C/C(=O)Nc1cnc2c(c1)c(C)nn2C. The van der Waals surface area contributed by atoms with E-state index in [0.717, 1.165) is 16.7 Å². The van der Waals surface area contributed by atoms with Crippen LogP contribution in [0.5, 0.6) is 0 Å². The van der Waals surface area contributed by atoms with Gasteiger partial charge in [-0.15, -0.1) is 0 Å². The number of rotatable bonds is 3. The van der Waals surface area contributed by atoms with Gasteiger partial charge in [-0.2, -0.15) is 5.10 Å². The van der Waals surface area contributed by atoms with Crippen LogP contribution < -0.4 is 5.32 Å². The zero-order valence-electron chi connectivity index (χ0n) is 11.2. The number of aryl methyl sites for hydroxylation is 2. The second-order valence-corrected chi connectivity index (χ2v) is 4.18. The number of hydrogen-bond acceptors (Lipinski definition) is 3. The van der Waals surface area contributed by atoms with Gasteiger partial charge in [0.1, 0.15) is 0 Å². The molecule has 98 valence electrons. The molecule has 0 spiro atoms. The number of amides is 1. The Morgan fingerprint density at radius 3 is 2.95 bits per heavy atom. The van der Waals surface area contributed by atoms with Gasteiger partial charge < -0.3 is 5.32 Å². The first kappa shape index (κ1) is 13.0. The molecule has 0 fully saturated rings. The molecule has 0 saturated carbocycles. The van der Waals surface area contributed by atoms with Crippen molar-refractivity contribution in [1.29, 1.82) is 0 Å². The molecule has 0 aliphatic rings. The summed E-state index contributed by atoms with van der Waals surface area (Å²) in [5.74, 6) is -0.180. The van der Waals surface area contributed by atoms with Gasteiger partial charge in [0.05, 0.1) is 17.6 Å². The highest BCUT2D eigenvalue weighted by molar-refractivity contribution is 6.00.